The topological polar surface area (TPSA) is 313 Å². The first-order valence-electron chi connectivity index (χ1n) is 48.4. The van der Waals surface area contributed by atoms with Crippen molar-refractivity contribution in [2.45, 2.75) is 216 Å². The lowest BCUT2D eigenvalue weighted by atomic mass is 9.84. The predicted octanol–water partition coefficient (Wildman–Crippen LogP) is 25.7. The van der Waals surface area contributed by atoms with Crippen LogP contribution in [0.2, 0.25) is 0 Å². The van der Waals surface area contributed by atoms with Crippen molar-refractivity contribution >= 4 is 137 Å². The Hall–Kier alpha value is -14.6. The molecular weight excluding hydrogens is 1830 g/mol. The summed E-state index contributed by atoms with van der Waals surface area (Å²) in [5.41, 5.74) is 26.2. The standard InChI is InChI=1S/C30H30N2O4.C30H28N2O3.C30H31NO5S.C30H29NO5/c1-16-14-20-15-19(29(31)34)6-7-21(20)26(24(16)28(17(2)33)36-30(3,4)5)22-8-9-23-25-18(11-13-35-23)10-12-32-27(22)25;1-17-15-20-16-21(31-6)7-8-22(20)27(25(17)29(18(2)33)35-30(3,4)5)23-9-10-24-26-19(12-14-34-24)11-13-32-28(23)26;1-17-15-20-16-21(37(6,33)34)7-8-22(20)27(25(17)29(18(2)32)36-30(3,4)5)23-9-10-24-26-19(12-14-35-24)11-13-31-28(23)26;1-16-14-20-15-19(29(33)34)6-7-21(20)26(24(16)28(17(2)32)36-30(3,4)5)22-8-9-23-25-18(11-13-35-23)10-12-31-27(22)25/h6-10,12,14-15,28H,11,13H2,1-5H3,(H2,31,34);7-11,13,15-16,29H,12,14H2,1-5H3;7-11,13,15-16,29H,12,14H2,1-6H3;6-10,12,14-15,28H,11,13H2,1-5H3,(H,33,34)/t28-;2*29-;28-/m1111/s1. The van der Waals surface area contributed by atoms with E-state index in [1.807, 2.05) is 263 Å². The zero-order valence-corrected chi connectivity index (χ0v) is 86.0. The van der Waals surface area contributed by atoms with Crippen LogP contribution in [0.1, 0.15) is 223 Å². The first kappa shape index (κ1) is 101. The minimum atomic E-state index is -3.40. The lowest BCUT2D eigenvalue weighted by molar-refractivity contribution is -0.139. The number of fused-ring (bicyclic) bond motifs is 4. The molecule has 4 aliphatic heterocycles. The van der Waals surface area contributed by atoms with Crippen molar-refractivity contribution in [1.29, 1.82) is 0 Å². The highest BCUT2D eigenvalue weighted by atomic mass is 32.2. The molecule has 0 radical (unpaired) electrons. The third-order valence-electron chi connectivity index (χ3n) is 26.4. The Morgan fingerprint density at radius 3 is 0.896 bits per heavy atom. The van der Waals surface area contributed by atoms with Gasteiger partial charge in [0.25, 0.3) is 0 Å². The molecular formula is C120H118N6O17S. The second-order valence-electron chi connectivity index (χ2n) is 41.6. The Morgan fingerprint density at radius 1 is 0.368 bits per heavy atom. The fourth-order valence-corrected chi connectivity index (χ4v) is 21.2. The quantitative estimate of drug-likeness (QED) is 0.0710. The highest BCUT2D eigenvalue weighted by Gasteiger charge is 2.38. The van der Waals surface area contributed by atoms with E-state index in [0.717, 1.165) is 224 Å². The molecule has 0 saturated carbocycles. The van der Waals surface area contributed by atoms with E-state index in [2.05, 4.69) is 10.9 Å². The number of nitrogens with two attached hydrogens (primary N) is 1. The second-order valence-corrected chi connectivity index (χ2v) is 43.7. The zero-order valence-electron chi connectivity index (χ0n) is 85.1. The number of benzene rings is 12. The van der Waals surface area contributed by atoms with Gasteiger partial charge in [0.15, 0.2) is 38.7 Å². The third kappa shape index (κ3) is 20.2. The van der Waals surface area contributed by atoms with Crippen LogP contribution in [0.5, 0.6) is 23.0 Å². The highest BCUT2D eigenvalue weighted by molar-refractivity contribution is 7.90. The number of nitrogens with zero attached hydrogens (tertiary/aromatic N) is 5. The van der Waals surface area contributed by atoms with Crippen LogP contribution >= 0.6 is 0 Å². The predicted molar refractivity (Wildman–Crippen MR) is 566 cm³/mol. The van der Waals surface area contributed by atoms with Crippen molar-refractivity contribution in [3.63, 3.8) is 0 Å². The normalized spacial score (nSPS) is 14.1. The fourth-order valence-electron chi connectivity index (χ4n) is 20.5. The van der Waals surface area contributed by atoms with E-state index in [1.165, 1.54) is 28.5 Å². The molecule has 4 aliphatic rings. The minimum Gasteiger partial charge on any atom is -0.493 e. The van der Waals surface area contributed by atoms with Gasteiger partial charge < -0.3 is 48.7 Å². The molecule has 0 fully saturated rings. The molecule has 1 amide bonds. The van der Waals surface area contributed by atoms with Crippen molar-refractivity contribution in [2.75, 3.05) is 32.7 Å². The molecule has 16 aromatic rings. The molecule has 8 heterocycles. The first-order valence-corrected chi connectivity index (χ1v) is 50.3. The Bertz CT molecular complexity index is 7960. The lowest BCUT2D eigenvalue weighted by Crippen LogP contribution is -2.27. The number of hydrogen-bond donors (Lipinski definition) is 2. The molecule has 24 heteroatoms. The van der Waals surface area contributed by atoms with Crippen molar-refractivity contribution in [3.05, 3.63) is 284 Å². The summed E-state index contributed by atoms with van der Waals surface area (Å²) in [5, 5.41) is 20.4. The molecule has 23 nitrogen and oxygen atoms in total. The van der Waals surface area contributed by atoms with Crippen molar-refractivity contribution < 1.29 is 80.2 Å². The summed E-state index contributed by atoms with van der Waals surface area (Å²) in [6.45, 7) is 47.4. The van der Waals surface area contributed by atoms with Gasteiger partial charge in [-0.2, -0.15) is 0 Å². The molecule has 736 valence electrons. The number of amides is 1. The van der Waals surface area contributed by atoms with Gasteiger partial charge >= 0.3 is 5.97 Å². The highest BCUT2D eigenvalue weighted by Crippen LogP contribution is 2.53. The molecule has 20 rings (SSSR count). The van der Waals surface area contributed by atoms with E-state index < -0.39 is 68.5 Å². The maximum Gasteiger partial charge on any atom is 0.335 e. The number of ketones is 4. The summed E-state index contributed by atoms with van der Waals surface area (Å²) in [6.07, 6.45) is 8.59. The molecule has 4 atom stereocenters. The molecule has 0 saturated heterocycles. The van der Waals surface area contributed by atoms with Gasteiger partial charge in [0.1, 0.15) is 47.4 Å². The lowest BCUT2D eigenvalue weighted by Gasteiger charge is -2.30. The van der Waals surface area contributed by atoms with Crippen LogP contribution in [0, 0.1) is 34.3 Å². The van der Waals surface area contributed by atoms with Gasteiger partial charge in [-0.1, -0.05) is 54.6 Å². The molecule has 0 aliphatic carbocycles. The number of pyridine rings is 4. The van der Waals surface area contributed by atoms with Gasteiger partial charge in [0.2, 0.25) is 5.91 Å². The van der Waals surface area contributed by atoms with Crippen LogP contribution in [-0.2, 0) is 73.6 Å². The average Bonchev–Trinajstić information content (AvgIpc) is 0.738. The van der Waals surface area contributed by atoms with Gasteiger partial charge in [-0.25, -0.2) is 18.1 Å². The Labute approximate surface area is 837 Å². The Kier molecular flexibility index (Phi) is 27.5. The van der Waals surface area contributed by atoms with Gasteiger partial charge in [0.05, 0.1) is 87.9 Å². The van der Waals surface area contributed by atoms with Crippen LogP contribution in [0.3, 0.4) is 0 Å². The summed E-state index contributed by atoms with van der Waals surface area (Å²) < 4.78 is 73.9. The molecule has 0 unspecified atom stereocenters. The van der Waals surface area contributed by atoms with E-state index in [1.54, 1.807) is 64.1 Å². The average molecular weight is 1950 g/mol. The maximum absolute atomic E-state index is 13.1. The third-order valence-corrected chi connectivity index (χ3v) is 27.5. The SMILES string of the molecule is CC(=O)[C@@H](OC(C)(C)C)c1c(C)cc2cc(C(=O)O)ccc2c1-c1ccc2c3c(ccnc13)CCO2.CC(=O)[C@@H](OC(C)(C)C)c1c(C)cc2cc(C(N)=O)ccc2c1-c1ccc2c3c(ccnc13)CCO2.CC(=O)[C@@H](OC(C)(C)C)c1c(C)cc2cc(S(C)(=O)=O)ccc2c1-c1ccc2c3c(ccnc13)CCO2.[C-]#[N+]c1ccc2c(-c3ccc4c5c(ccnc35)CCO4)c([C@H](OC(C)(C)C)C(C)=O)c(C)cc2c1. The molecule has 3 N–H and O–H groups in total. The number of aromatic nitrogens is 4. The molecule has 144 heavy (non-hydrogen) atoms. The van der Waals surface area contributed by atoms with Gasteiger partial charge in [0, 0.05) is 106 Å². The number of carboxylic acids is 1. The molecule has 12 aromatic carbocycles. The van der Waals surface area contributed by atoms with Crippen molar-refractivity contribution in [1.82, 2.24) is 19.9 Å². The number of aromatic carboxylic acids is 1. The smallest absolute Gasteiger partial charge is 0.335 e. The number of Topliss-reactive ketones (excluding diaryl/α,β-unsaturated/α-hetero) is 4. The number of carbonyl (C=O) groups excluding carboxylic acids is 5. The van der Waals surface area contributed by atoms with Crippen LogP contribution < -0.4 is 24.7 Å². The summed E-state index contributed by atoms with van der Waals surface area (Å²) in [4.78, 5) is 98.8. The Morgan fingerprint density at radius 2 is 0.632 bits per heavy atom. The number of carbonyl (C=O) groups is 6. The molecule has 0 spiro atoms. The van der Waals surface area contributed by atoms with E-state index in [0.29, 0.717) is 37.7 Å². The number of hydrogen-bond acceptors (Lipinski definition) is 20. The van der Waals surface area contributed by atoms with Gasteiger partial charge in [-0.15, -0.1) is 0 Å². The summed E-state index contributed by atoms with van der Waals surface area (Å²) in [7, 11) is -3.40. The largest absolute Gasteiger partial charge is 0.493 e. The van der Waals surface area contributed by atoms with E-state index in [-0.39, 0.29) is 33.6 Å². The summed E-state index contributed by atoms with van der Waals surface area (Å²) >= 11 is 0. The second kappa shape index (κ2) is 39.3. The van der Waals surface area contributed by atoms with Gasteiger partial charge in [-0.3, -0.25) is 43.9 Å². The Balaban J connectivity index is 0.000000132. The number of ether oxygens (including phenoxy) is 8. The molecule has 0 bridgehead atoms. The minimum absolute atomic E-state index is 0.0552. The van der Waals surface area contributed by atoms with Gasteiger partial charge in [-0.05, 0) is 386 Å². The number of primary amides is 1. The first-order chi connectivity index (χ1) is 68.1. The van der Waals surface area contributed by atoms with Crippen molar-refractivity contribution in [2.24, 2.45) is 5.73 Å². The van der Waals surface area contributed by atoms with Crippen LogP contribution in [0.15, 0.2) is 200 Å². The maximum atomic E-state index is 13.1. The summed E-state index contributed by atoms with van der Waals surface area (Å²) in [5.74, 6) is 1.41. The zero-order chi connectivity index (χ0) is 103. The van der Waals surface area contributed by atoms with Crippen LogP contribution in [0.4, 0.5) is 5.69 Å². The summed E-state index contributed by atoms with van der Waals surface area (Å²) in [6, 6.07) is 53.3. The van der Waals surface area contributed by atoms with E-state index in [9.17, 15) is 42.3 Å². The van der Waals surface area contributed by atoms with E-state index in [4.69, 9.17) is 70.1 Å². The molecule has 4 aromatic heterocycles. The number of sulfone groups is 1. The number of aryl methyl sites for hydroxylation is 4. The van der Waals surface area contributed by atoms with Crippen LogP contribution in [0.25, 0.3) is 136 Å². The monoisotopic (exact) mass is 1950 g/mol. The van der Waals surface area contributed by atoms with Crippen molar-refractivity contribution in [3.8, 4) is 67.5 Å². The number of rotatable bonds is 19. The number of carboxylic acid groups (broad SMARTS) is 1. The van der Waals surface area contributed by atoms with E-state index >= 15 is 0 Å². The van der Waals surface area contributed by atoms with Crippen LogP contribution in [-0.4, -0.2) is 124 Å². The fraction of sp³-hybridized carbons (Fsp3) is 0.308.